The molecule has 1 aliphatic heterocycles. The third-order valence-corrected chi connectivity index (χ3v) is 3.49. The van der Waals surface area contributed by atoms with Gasteiger partial charge in [-0.05, 0) is 18.4 Å². The molecular formula is C16H21NO4. The molecule has 0 aromatic heterocycles. The van der Waals surface area contributed by atoms with Crippen molar-refractivity contribution in [2.75, 3.05) is 19.7 Å². The number of amides is 1. The van der Waals surface area contributed by atoms with E-state index in [0.717, 1.165) is 24.7 Å². The van der Waals surface area contributed by atoms with Crippen molar-refractivity contribution in [3.8, 4) is 0 Å². The van der Waals surface area contributed by atoms with Crippen molar-refractivity contribution in [3.63, 3.8) is 0 Å². The summed E-state index contributed by atoms with van der Waals surface area (Å²) < 4.78 is 10.9. The smallest absolute Gasteiger partial charge is 0.410 e. The van der Waals surface area contributed by atoms with Crippen molar-refractivity contribution in [2.24, 2.45) is 0 Å². The molecule has 1 heterocycles. The molecule has 1 aliphatic rings. The van der Waals surface area contributed by atoms with Gasteiger partial charge in [-0.2, -0.15) is 0 Å². The minimum absolute atomic E-state index is 0.142. The molecule has 0 radical (unpaired) electrons. The van der Waals surface area contributed by atoms with E-state index in [1.165, 1.54) is 0 Å². The number of rotatable bonds is 6. The summed E-state index contributed by atoms with van der Waals surface area (Å²) >= 11 is 0. The Bertz CT molecular complexity index is 441. The Hall–Kier alpha value is -1.88. The highest BCUT2D eigenvalue weighted by molar-refractivity contribution is 5.67. The van der Waals surface area contributed by atoms with E-state index < -0.39 is 0 Å². The lowest BCUT2D eigenvalue weighted by atomic mass is 10.1. The van der Waals surface area contributed by atoms with Crippen LogP contribution in [-0.4, -0.2) is 43.1 Å². The minimum atomic E-state index is -0.273. The van der Waals surface area contributed by atoms with E-state index in [0.29, 0.717) is 32.7 Å². The molecule has 0 atom stereocenters. The SMILES string of the molecule is O=CCCOC1CCN(C(=O)OCc2ccccc2)CC1. The maximum Gasteiger partial charge on any atom is 0.410 e. The minimum Gasteiger partial charge on any atom is -0.445 e. The predicted octanol–water partition coefficient (Wildman–Crippen LogP) is 2.39. The molecule has 0 N–H and O–H groups in total. The van der Waals surface area contributed by atoms with Crippen LogP contribution in [0.1, 0.15) is 24.8 Å². The van der Waals surface area contributed by atoms with Crippen molar-refractivity contribution in [2.45, 2.75) is 32.0 Å². The van der Waals surface area contributed by atoms with Crippen LogP contribution in [0.4, 0.5) is 4.79 Å². The van der Waals surface area contributed by atoms with Crippen molar-refractivity contribution < 1.29 is 19.1 Å². The van der Waals surface area contributed by atoms with E-state index in [-0.39, 0.29) is 12.2 Å². The molecule has 5 heteroatoms. The van der Waals surface area contributed by atoms with Gasteiger partial charge in [0.25, 0.3) is 0 Å². The van der Waals surface area contributed by atoms with Crippen LogP contribution in [0.25, 0.3) is 0 Å². The summed E-state index contributed by atoms with van der Waals surface area (Å²) in [5.41, 5.74) is 0.984. The van der Waals surface area contributed by atoms with Gasteiger partial charge in [-0.3, -0.25) is 0 Å². The third-order valence-electron chi connectivity index (χ3n) is 3.49. The number of carbonyl (C=O) groups is 2. The number of carbonyl (C=O) groups excluding carboxylic acids is 2. The standard InChI is InChI=1S/C16H21NO4/c18-11-4-12-20-15-7-9-17(10-8-15)16(19)21-13-14-5-2-1-3-6-14/h1-3,5-6,11,15H,4,7-10,12-13H2. The molecule has 0 unspecified atom stereocenters. The number of hydrogen-bond donors (Lipinski definition) is 0. The first kappa shape index (κ1) is 15.5. The van der Waals surface area contributed by atoms with Gasteiger partial charge in [0.15, 0.2) is 0 Å². The van der Waals surface area contributed by atoms with Gasteiger partial charge >= 0.3 is 6.09 Å². The summed E-state index contributed by atoms with van der Waals surface area (Å²) in [5, 5.41) is 0. The Morgan fingerprint density at radius 2 is 1.95 bits per heavy atom. The zero-order valence-corrected chi connectivity index (χ0v) is 12.1. The molecule has 0 aliphatic carbocycles. The fourth-order valence-electron chi connectivity index (χ4n) is 2.30. The highest BCUT2D eigenvalue weighted by Gasteiger charge is 2.24. The summed E-state index contributed by atoms with van der Waals surface area (Å²) in [6, 6.07) is 9.64. The molecule has 1 amide bonds. The normalized spacial score (nSPS) is 15.7. The van der Waals surface area contributed by atoms with Crippen molar-refractivity contribution >= 4 is 12.4 Å². The molecule has 1 aromatic rings. The van der Waals surface area contributed by atoms with Gasteiger partial charge < -0.3 is 19.2 Å². The van der Waals surface area contributed by atoms with Gasteiger partial charge in [-0.25, -0.2) is 4.79 Å². The van der Waals surface area contributed by atoms with E-state index >= 15 is 0 Å². The number of benzene rings is 1. The highest BCUT2D eigenvalue weighted by Crippen LogP contribution is 2.15. The summed E-state index contributed by atoms with van der Waals surface area (Å²) in [7, 11) is 0. The zero-order valence-electron chi connectivity index (χ0n) is 12.1. The van der Waals surface area contributed by atoms with Crippen LogP contribution in [-0.2, 0) is 20.9 Å². The molecule has 5 nitrogen and oxygen atoms in total. The lowest BCUT2D eigenvalue weighted by Gasteiger charge is -2.31. The molecule has 1 fully saturated rings. The molecule has 0 spiro atoms. The Labute approximate surface area is 124 Å². The van der Waals surface area contributed by atoms with Gasteiger partial charge in [-0.15, -0.1) is 0 Å². The zero-order chi connectivity index (χ0) is 14.9. The van der Waals surface area contributed by atoms with Crippen molar-refractivity contribution in [1.29, 1.82) is 0 Å². The molecule has 1 saturated heterocycles. The second-order valence-corrected chi connectivity index (χ2v) is 5.05. The van der Waals surface area contributed by atoms with E-state index in [2.05, 4.69) is 0 Å². The third kappa shape index (κ3) is 5.19. The topological polar surface area (TPSA) is 55.8 Å². The summed E-state index contributed by atoms with van der Waals surface area (Å²) in [4.78, 5) is 23.9. The fraction of sp³-hybridized carbons (Fsp3) is 0.500. The quantitative estimate of drug-likeness (QED) is 0.596. The van der Waals surface area contributed by atoms with Crippen LogP contribution in [0.2, 0.25) is 0 Å². The van der Waals surface area contributed by atoms with Crippen molar-refractivity contribution in [1.82, 2.24) is 4.90 Å². The summed E-state index contributed by atoms with van der Waals surface area (Å²) in [5.74, 6) is 0. The Morgan fingerprint density at radius 1 is 1.24 bits per heavy atom. The average molecular weight is 291 g/mol. The molecule has 1 aromatic carbocycles. The second-order valence-electron chi connectivity index (χ2n) is 5.05. The largest absolute Gasteiger partial charge is 0.445 e. The number of aldehydes is 1. The maximum absolute atomic E-state index is 12.0. The number of likely N-dealkylation sites (tertiary alicyclic amines) is 1. The number of ether oxygens (including phenoxy) is 2. The first-order valence-corrected chi connectivity index (χ1v) is 7.30. The molecule has 114 valence electrons. The summed E-state index contributed by atoms with van der Waals surface area (Å²) in [6.07, 6.45) is 2.74. The molecule has 0 saturated carbocycles. The van der Waals surface area contributed by atoms with E-state index in [4.69, 9.17) is 9.47 Å². The Kier molecular flexibility index (Phi) is 6.22. The van der Waals surface area contributed by atoms with Gasteiger partial charge in [0.2, 0.25) is 0 Å². The Balaban J connectivity index is 1.67. The van der Waals surface area contributed by atoms with Crippen LogP contribution >= 0.6 is 0 Å². The van der Waals surface area contributed by atoms with E-state index in [1.807, 2.05) is 30.3 Å². The highest BCUT2D eigenvalue weighted by atomic mass is 16.6. The maximum atomic E-state index is 12.0. The number of nitrogens with zero attached hydrogens (tertiary/aromatic N) is 1. The first-order valence-electron chi connectivity index (χ1n) is 7.30. The van der Waals surface area contributed by atoms with Crippen LogP contribution < -0.4 is 0 Å². The van der Waals surface area contributed by atoms with E-state index in [1.54, 1.807) is 4.90 Å². The predicted molar refractivity (Wildman–Crippen MR) is 77.9 cm³/mol. The lowest BCUT2D eigenvalue weighted by molar-refractivity contribution is -0.109. The van der Waals surface area contributed by atoms with E-state index in [9.17, 15) is 9.59 Å². The first-order chi connectivity index (χ1) is 10.3. The lowest BCUT2D eigenvalue weighted by Crippen LogP contribution is -2.41. The van der Waals surface area contributed by atoms with Crippen LogP contribution in [0.3, 0.4) is 0 Å². The molecule has 21 heavy (non-hydrogen) atoms. The molecule has 2 rings (SSSR count). The second kappa shape index (κ2) is 8.42. The summed E-state index contributed by atoms with van der Waals surface area (Å²) in [6.45, 7) is 2.04. The monoisotopic (exact) mass is 291 g/mol. The number of piperidine rings is 1. The van der Waals surface area contributed by atoms with Gasteiger partial charge in [-0.1, -0.05) is 30.3 Å². The van der Waals surface area contributed by atoms with Crippen LogP contribution in [0, 0.1) is 0 Å². The van der Waals surface area contributed by atoms with Crippen molar-refractivity contribution in [3.05, 3.63) is 35.9 Å². The average Bonchev–Trinajstić information content (AvgIpc) is 2.54. The molecular weight excluding hydrogens is 270 g/mol. The fourth-order valence-corrected chi connectivity index (χ4v) is 2.30. The van der Waals surface area contributed by atoms with Crippen LogP contribution in [0.5, 0.6) is 0 Å². The van der Waals surface area contributed by atoms with Gasteiger partial charge in [0, 0.05) is 19.5 Å². The molecule has 0 bridgehead atoms. The van der Waals surface area contributed by atoms with Gasteiger partial charge in [0.05, 0.1) is 12.7 Å². The Morgan fingerprint density at radius 3 is 2.62 bits per heavy atom. The van der Waals surface area contributed by atoms with Gasteiger partial charge in [0.1, 0.15) is 12.9 Å². The number of hydrogen-bond acceptors (Lipinski definition) is 4. The van der Waals surface area contributed by atoms with Crippen LogP contribution in [0.15, 0.2) is 30.3 Å².